The molecule has 0 spiro atoms. The van der Waals surface area contributed by atoms with Gasteiger partial charge in [0.15, 0.2) is 0 Å². The van der Waals surface area contributed by atoms with E-state index in [-0.39, 0.29) is 0 Å². The second kappa shape index (κ2) is 6.73. The molecular formula is C15H20ClN3. The van der Waals surface area contributed by atoms with E-state index in [0.717, 1.165) is 31.1 Å². The summed E-state index contributed by atoms with van der Waals surface area (Å²) in [6, 6.07) is 10.1. The van der Waals surface area contributed by atoms with Crippen LogP contribution in [0.4, 0.5) is 0 Å². The molecule has 0 aliphatic carbocycles. The van der Waals surface area contributed by atoms with E-state index in [4.69, 9.17) is 11.6 Å². The zero-order valence-electron chi connectivity index (χ0n) is 11.5. The largest absolute Gasteiger partial charge is 0.293 e. The van der Waals surface area contributed by atoms with E-state index < -0.39 is 0 Å². The van der Waals surface area contributed by atoms with Crippen molar-refractivity contribution in [1.29, 1.82) is 0 Å². The Bertz CT molecular complexity index is 522. The third-order valence-corrected chi connectivity index (χ3v) is 3.38. The SMILES string of the molecule is CCCN(Cc1cccc(Cl)c1)Cc1ccnn1C. The van der Waals surface area contributed by atoms with Gasteiger partial charge in [0, 0.05) is 31.4 Å². The molecule has 0 N–H and O–H groups in total. The third kappa shape index (κ3) is 4.08. The van der Waals surface area contributed by atoms with Crippen LogP contribution in [-0.4, -0.2) is 21.2 Å². The van der Waals surface area contributed by atoms with Crippen molar-refractivity contribution in [2.24, 2.45) is 7.05 Å². The number of halogens is 1. The summed E-state index contributed by atoms with van der Waals surface area (Å²) in [6.07, 6.45) is 2.98. The Labute approximate surface area is 119 Å². The van der Waals surface area contributed by atoms with E-state index in [1.54, 1.807) is 0 Å². The highest BCUT2D eigenvalue weighted by Crippen LogP contribution is 2.14. The molecule has 0 aliphatic rings. The number of hydrogen-bond acceptors (Lipinski definition) is 2. The summed E-state index contributed by atoms with van der Waals surface area (Å²) in [6.45, 7) is 5.10. The lowest BCUT2D eigenvalue weighted by atomic mass is 10.2. The summed E-state index contributed by atoms with van der Waals surface area (Å²) in [5.74, 6) is 0. The summed E-state index contributed by atoms with van der Waals surface area (Å²) >= 11 is 6.04. The topological polar surface area (TPSA) is 21.1 Å². The molecule has 0 atom stereocenters. The van der Waals surface area contributed by atoms with Crippen LogP contribution in [-0.2, 0) is 20.1 Å². The molecule has 2 rings (SSSR count). The predicted molar refractivity (Wildman–Crippen MR) is 79.1 cm³/mol. The zero-order valence-corrected chi connectivity index (χ0v) is 12.3. The molecule has 0 saturated carbocycles. The minimum absolute atomic E-state index is 0.800. The van der Waals surface area contributed by atoms with Crippen LogP contribution in [0.15, 0.2) is 36.5 Å². The molecular weight excluding hydrogens is 258 g/mol. The maximum Gasteiger partial charge on any atom is 0.0521 e. The van der Waals surface area contributed by atoms with Gasteiger partial charge in [0.25, 0.3) is 0 Å². The summed E-state index contributed by atoms with van der Waals surface area (Å²) in [4.78, 5) is 2.42. The number of nitrogens with zero attached hydrogens (tertiary/aromatic N) is 3. The summed E-state index contributed by atoms with van der Waals surface area (Å²) in [5, 5.41) is 5.02. The van der Waals surface area contributed by atoms with Crippen molar-refractivity contribution in [1.82, 2.24) is 14.7 Å². The third-order valence-electron chi connectivity index (χ3n) is 3.14. The van der Waals surface area contributed by atoms with Crippen LogP contribution in [0.5, 0.6) is 0 Å². The maximum atomic E-state index is 6.04. The fourth-order valence-corrected chi connectivity index (χ4v) is 2.42. The number of rotatable bonds is 6. The van der Waals surface area contributed by atoms with Gasteiger partial charge in [-0.2, -0.15) is 5.10 Å². The normalized spacial score (nSPS) is 11.2. The van der Waals surface area contributed by atoms with Gasteiger partial charge in [-0.25, -0.2) is 0 Å². The second-order valence-corrected chi connectivity index (χ2v) is 5.22. The monoisotopic (exact) mass is 277 g/mol. The van der Waals surface area contributed by atoms with Gasteiger partial charge >= 0.3 is 0 Å². The van der Waals surface area contributed by atoms with E-state index in [1.165, 1.54) is 11.3 Å². The minimum atomic E-state index is 0.800. The highest BCUT2D eigenvalue weighted by Gasteiger charge is 2.08. The van der Waals surface area contributed by atoms with Gasteiger partial charge in [0.1, 0.15) is 0 Å². The number of hydrogen-bond donors (Lipinski definition) is 0. The molecule has 1 heterocycles. The van der Waals surface area contributed by atoms with Crippen LogP contribution in [0.1, 0.15) is 24.6 Å². The Morgan fingerprint density at radius 3 is 2.74 bits per heavy atom. The second-order valence-electron chi connectivity index (χ2n) is 4.79. The maximum absolute atomic E-state index is 6.04. The van der Waals surface area contributed by atoms with Crippen molar-refractivity contribution in [2.75, 3.05) is 6.54 Å². The van der Waals surface area contributed by atoms with Crippen LogP contribution in [0.3, 0.4) is 0 Å². The molecule has 1 aromatic heterocycles. The molecule has 0 amide bonds. The minimum Gasteiger partial charge on any atom is -0.293 e. The fraction of sp³-hybridized carbons (Fsp3) is 0.400. The number of aryl methyl sites for hydroxylation is 1. The molecule has 0 bridgehead atoms. The van der Waals surface area contributed by atoms with Gasteiger partial charge in [0.05, 0.1) is 5.69 Å². The fourth-order valence-electron chi connectivity index (χ4n) is 2.21. The molecule has 102 valence electrons. The molecule has 2 aromatic rings. The smallest absolute Gasteiger partial charge is 0.0521 e. The van der Waals surface area contributed by atoms with E-state index in [9.17, 15) is 0 Å². The van der Waals surface area contributed by atoms with Gasteiger partial charge in [-0.15, -0.1) is 0 Å². The molecule has 1 aromatic carbocycles. The Morgan fingerprint density at radius 2 is 2.11 bits per heavy atom. The first-order valence-electron chi connectivity index (χ1n) is 6.62. The van der Waals surface area contributed by atoms with E-state index in [0.29, 0.717) is 0 Å². The van der Waals surface area contributed by atoms with Gasteiger partial charge in [-0.05, 0) is 36.7 Å². The van der Waals surface area contributed by atoms with E-state index in [2.05, 4.69) is 29.1 Å². The standard InChI is InChI=1S/C15H20ClN3/c1-3-9-19(12-15-7-8-17-18(15)2)11-13-5-4-6-14(16)10-13/h4-8,10H,3,9,11-12H2,1-2H3. The van der Waals surface area contributed by atoms with Gasteiger partial charge in [0.2, 0.25) is 0 Å². The van der Waals surface area contributed by atoms with Crippen LogP contribution in [0.25, 0.3) is 0 Å². The number of aromatic nitrogens is 2. The van der Waals surface area contributed by atoms with Crippen molar-refractivity contribution in [3.05, 3.63) is 52.8 Å². The Kier molecular flexibility index (Phi) is 5.00. The van der Waals surface area contributed by atoms with Crippen molar-refractivity contribution in [3.63, 3.8) is 0 Å². The molecule has 0 unspecified atom stereocenters. The first-order chi connectivity index (χ1) is 9.19. The van der Waals surface area contributed by atoms with Crippen LogP contribution in [0, 0.1) is 0 Å². The van der Waals surface area contributed by atoms with Crippen molar-refractivity contribution >= 4 is 11.6 Å². The lowest BCUT2D eigenvalue weighted by molar-refractivity contribution is 0.250. The van der Waals surface area contributed by atoms with Gasteiger partial charge in [-0.1, -0.05) is 30.7 Å². The first kappa shape index (κ1) is 14.1. The average molecular weight is 278 g/mol. The Hall–Kier alpha value is -1.32. The molecule has 19 heavy (non-hydrogen) atoms. The van der Waals surface area contributed by atoms with Crippen LogP contribution >= 0.6 is 11.6 Å². The molecule has 0 radical (unpaired) electrons. The first-order valence-corrected chi connectivity index (χ1v) is 7.00. The lowest BCUT2D eigenvalue weighted by Gasteiger charge is -2.21. The van der Waals surface area contributed by atoms with Gasteiger partial charge in [-0.3, -0.25) is 9.58 Å². The lowest BCUT2D eigenvalue weighted by Crippen LogP contribution is -2.24. The quantitative estimate of drug-likeness (QED) is 0.806. The molecule has 0 aliphatic heterocycles. The summed E-state index contributed by atoms with van der Waals surface area (Å²) < 4.78 is 1.93. The predicted octanol–water partition coefficient (Wildman–Crippen LogP) is 3.49. The zero-order chi connectivity index (χ0) is 13.7. The Morgan fingerprint density at radius 1 is 1.26 bits per heavy atom. The Balaban J connectivity index is 2.06. The van der Waals surface area contributed by atoms with Gasteiger partial charge < -0.3 is 0 Å². The van der Waals surface area contributed by atoms with Crippen LogP contribution < -0.4 is 0 Å². The van der Waals surface area contributed by atoms with Crippen molar-refractivity contribution < 1.29 is 0 Å². The average Bonchev–Trinajstić information content (AvgIpc) is 2.75. The highest BCUT2D eigenvalue weighted by molar-refractivity contribution is 6.30. The van der Waals surface area contributed by atoms with Crippen molar-refractivity contribution in [3.8, 4) is 0 Å². The highest BCUT2D eigenvalue weighted by atomic mass is 35.5. The molecule has 0 fully saturated rings. The summed E-state index contributed by atoms with van der Waals surface area (Å²) in [7, 11) is 1.98. The van der Waals surface area contributed by atoms with E-state index in [1.807, 2.05) is 36.1 Å². The molecule has 0 saturated heterocycles. The van der Waals surface area contributed by atoms with E-state index >= 15 is 0 Å². The molecule has 4 heteroatoms. The van der Waals surface area contributed by atoms with Crippen molar-refractivity contribution in [2.45, 2.75) is 26.4 Å². The number of benzene rings is 1. The summed E-state index contributed by atoms with van der Waals surface area (Å²) in [5.41, 5.74) is 2.48. The molecule has 3 nitrogen and oxygen atoms in total. The van der Waals surface area contributed by atoms with Crippen LogP contribution in [0.2, 0.25) is 5.02 Å².